The van der Waals surface area contributed by atoms with E-state index in [4.69, 9.17) is 0 Å². The summed E-state index contributed by atoms with van der Waals surface area (Å²) in [6.45, 7) is 3.09. The second-order valence-electron chi connectivity index (χ2n) is 3.84. The van der Waals surface area contributed by atoms with Crippen LogP contribution in [0, 0.1) is 0 Å². The van der Waals surface area contributed by atoms with Gasteiger partial charge in [0.1, 0.15) is 0 Å². The fourth-order valence-electron chi connectivity index (χ4n) is 1.93. The second kappa shape index (κ2) is 3.88. The molecule has 2 aliphatic heterocycles. The van der Waals surface area contributed by atoms with Crippen LogP contribution in [-0.4, -0.2) is 41.1 Å². The number of thioether (sulfide) groups is 1. The van der Waals surface area contributed by atoms with Gasteiger partial charge in [-0.3, -0.25) is 4.79 Å². The summed E-state index contributed by atoms with van der Waals surface area (Å²) in [7, 11) is 0. The van der Waals surface area contributed by atoms with Crippen molar-refractivity contribution in [2.75, 3.05) is 18.2 Å². The summed E-state index contributed by atoms with van der Waals surface area (Å²) < 4.78 is 0. The van der Waals surface area contributed by atoms with E-state index in [0.717, 1.165) is 31.0 Å². The highest BCUT2D eigenvalue weighted by Gasteiger charge is 2.31. The normalized spacial score (nSPS) is 34.1. The number of carbonyl (C=O) groups is 1. The predicted octanol–water partition coefficient (Wildman–Crippen LogP) is 0.660. The average molecular weight is 200 g/mol. The van der Waals surface area contributed by atoms with Gasteiger partial charge in [0, 0.05) is 18.3 Å². The molecular weight excluding hydrogens is 184 g/mol. The molecule has 2 aliphatic rings. The highest BCUT2D eigenvalue weighted by atomic mass is 32.2. The Morgan fingerprint density at radius 3 is 2.92 bits per heavy atom. The molecule has 2 fully saturated rings. The quantitative estimate of drug-likeness (QED) is 0.675. The van der Waals surface area contributed by atoms with E-state index in [1.165, 1.54) is 0 Å². The molecule has 0 aliphatic carbocycles. The molecule has 1 amide bonds. The van der Waals surface area contributed by atoms with Crippen molar-refractivity contribution in [1.29, 1.82) is 0 Å². The Bertz CT molecular complexity index is 204. The highest BCUT2D eigenvalue weighted by Crippen LogP contribution is 2.19. The summed E-state index contributed by atoms with van der Waals surface area (Å²) >= 11 is 1.85. The Morgan fingerprint density at radius 2 is 2.38 bits per heavy atom. The van der Waals surface area contributed by atoms with Gasteiger partial charge in [0.15, 0.2) is 0 Å². The SMILES string of the molecule is C[C@H]1CC[C@@H](C(=O)N2CCSC2)N1. The van der Waals surface area contributed by atoms with Crippen LogP contribution in [0.4, 0.5) is 0 Å². The van der Waals surface area contributed by atoms with Gasteiger partial charge in [-0.05, 0) is 19.8 Å². The summed E-state index contributed by atoms with van der Waals surface area (Å²) in [5.41, 5.74) is 0. The molecule has 2 rings (SSSR count). The van der Waals surface area contributed by atoms with E-state index in [0.29, 0.717) is 11.9 Å². The zero-order valence-corrected chi connectivity index (χ0v) is 8.77. The van der Waals surface area contributed by atoms with Crippen LogP contribution in [0.15, 0.2) is 0 Å². The molecule has 0 unspecified atom stereocenters. The standard InChI is InChI=1S/C9H16N2OS/c1-7-2-3-8(10-7)9(12)11-4-5-13-6-11/h7-8,10H,2-6H2,1H3/t7-,8-/m0/s1. The number of nitrogens with one attached hydrogen (secondary N) is 1. The van der Waals surface area contributed by atoms with E-state index in [1.54, 1.807) is 0 Å². The summed E-state index contributed by atoms with van der Waals surface area (Å²) in [6.07, 6.45) is 2.15. The maximum atomic E-state index is 11.8. The number of rotatable bonds is 1. The minimum atomic E-state index is 0.105. The number of carbonyl (C=O) groups excluding carboxylic acids is 1. The molecule has 4 heteroatoms. The van der Waals surface area contributed by atoms with Crippen molar-refractivity contribution in [3.8, 4) is 0 Å². The van der Waals surface area contributed by atoms with Gasteiger partial charge in [-0.15, -0.1) is 11.8 Å². The summed E-state index contributed by atoms with van der Waals surface area (Å²) in [6, 6.07) is 0.623. The average Bonchev–Trinajstić information content (AvgIpc) is 2.72. The van der Waals surface area contributed by atoms with Gasteiger partial charge in [-0.25, -0.2) is 0 Å². The van der Waals surface area contributed by atoms with E-state index < -0.39 is 0 Å². The minimum absolute atomic E-state index is 0.105. The largest absolute Gasteiger partial charge is 0.331 e. The molecular formula is C9H16N2OS. The van der Waals surface area contributed by atoms with E-state index in [-0.39, 0.29) is 6.04 Å². The molecule has 3 nitrogen and oxygen atoms in total. The predicted molar refractivity (Wildman–Crippen MR) is 54.7 cm³/mol. The fraction of sp³-hybridized carbons (Fsp3) is 0.889. The van der Waals surface area contributed by atoms with Crippen LogP contribution >= 0.6 is 11.8 Å². The molecule has 0 aromatic rings. The van der Waals surface area contributed by atoms with E-state index in [2.05, 4.69) is 12.2 Å². The third kappa shape index (κ3) is 1.99. The van der Waals surface area contributed by atoms with E-state index in [1.807, 2.05) is 16.7 Å². The van der Waals surface area contributed by atoms with Gasteiger partial charge in [0.05, 0.1) is 11.9 Å². The first-order valence-electron chi connectivity index (χ1n) is 4.90. The monoisotopic (exact) mass is 200 g/mol. The van der Waals surface area contributed by atoms with E-state index in [9.17, 15) is 4.79 Å². The smallest absolute Gasteiger partial charge is 0.240 e. The number of amides is 1. The first-order chi connectivity index (χ1) is 6.27. The fourth-order valence-corrected chi connectivity index (χ4v) is 2.89. The van der Waals surface area contributed by atoms with Gasteiger partial charge < -0.3 is 10.2 Å². The minimum Gasteiger partial charge on any atom is -0.331 e. The van der Waals surface area contributed by atoms with Crippen LogP contribution in [0.5, 0.6) is 0 Å². The molecule has 0 spiro atoms. The van der Waals surface area contributed by atoms with Gasteiger partial charge in [0.2, 0.25) is 5.91 Å². The lowest BCUT2D eigenvalue weighted by Crippen LogP contribution is -2.43. The van der Waals surface area contributed by atoms with Gasteiger partial charge in [-0.2, -0.15) is 0 Å². The van der Waals surface area contributed by atoms with Crippen molar-refractivity contribution in [2.45, 2.75) is 31.8 Å². The summed E-state index contributed by atoms with van der Waals surface area (Å²) in [4.78, 5) is 13.8. The van der Waals surface area contributed by atoms with Crippen LogP contribution in [-0.2, 0) is 4.79 Å². The van der Waals surface area contributed by atoms with Crippen molar-refractivity contribution in [3.63, 3.8) is 0 Å². The van der Waals surface area contributed by atoms with Crippen LogP contribution in [0.3, 0.4) is 0 Å². The Balaban J connectivity index is 1.89. The van der Waals surface area contributed by atoms with Crippen molar-refractivity contribution < 1.29 is 4.79 Å². The molecule has 2 heterocycles. The molecule has 0 radical (unpaired) electrons. The third-order valence-electron chi connectivity index (χ3n) is 2.74. The molecule has 2 saturated heterocycles. The van der Waals surface area contributed by atoms with Crippen LogP contribution in [0.1, 0.15) is 19.8 Å². The van der Waals surface area contributed by atoms with Crippen LogP contribution < -0.4 is 5.32 Å². The molecule has 2 atom stereocenters. The highest BCUT2D eigenvalue weighted by molar-refractivity contribution is 7.99. The third-order valence-corrected chi connectivity index (χ3v) is 3.70. The first kappa shape index (κ1) is 9.34. The molecule has 0 saturated carbocycles. The number of nitrogens with zero attached hydrogens (tertiary/aromatic N) is 1. The lowest BCUT2D eigenvalue weighted by molar-refractivity contribution is -0.131. The van der Waals surface area contributed by atoms with Crippen LogP contribution in [0.25, 0.3) is 0 Å². The van der Waals surface area contributed by atoms with E-state index >= 15 is 0 Å². The Hall–Kier alpha value is -0.220. The van der Waals surface area contributed by atoms with Crippen molar-refractivity contribution >= 4 is 17.7 Å². The van der Waals surface area contributed by atoms with Crippen LogP contribution in [0.2, 0.25) is 0 Å². The molecule has 1 N–H and O–H groups in total. The molecule has 0 aromatic heterocycles. The second-order valence-corrected chi connectivity index (χ2v) is 4.91. The number of hydrogen-bond acceptors (Lipinski definition) is 3. The first-order valence-corrected chi connectivity index (χ1v) is 6.05. The van der Waals surface area contributed by atoms with Gasteiger partial charge in [0.25, 0.3) is 0 Å². The van der Waals surface area contributed by atoms with Gasteiger partial charge in [-0.1, -0.05) is 0 Å². The zero-order chi connectivity index (χ0) is 9.26. The lowest BCUT2D eigenvalue weighted by Gasteiger charge is -2.19. The molecule has 0 aromatic carbocycles. The van der Waals surface area contributed by atoms with Crippen molar-refractivity contribution in [2.24, 2.45) is 0 Å². The molecule has 0 bridgehead atoms. The summed E-state index contributed by atoms with van der Waals surface area (Å²) in [5.74, 6) is 2.31. The number of hydrogen-bond donors (Lipinski definition) is 1. The van der Waals surface area contributed by atoms with Crippen molar-refractivity contribution in [3.05, 3.63) is 0 Å². The summed E-state index contributed by atoms with van der Waals surface area (Å²) in [5, 5.41) is 3.33. The zero-order valence-electron chi connectivity index (χ0n) is 7.95. The Morgan fingerprint density at radius 1 is 1.54 bits per heavy atom. The maximum absolute atomic E-state index is 11.8. The molecule has 74 valence electrons. The lowest BCUT2D eigenvalue weighted by atomic mass is 10.2. The van der Waals surface area contributed by atoms with Crippen molar-refractivity contribution in [1.82, 2.24) is 10.2 Å². The molecule has 13 heavy (non-hydrogen) atoms. The Kier molecular flexibility index (Phi) is 2.79. The van der Waals surface area contributed by atoms with Gasteiger partial charge >= 0.3 is 0 Å². The Labute approximate surface area is 83.2 Å². The maximum Gasteiger partial charge on any atom is 0.240 e. The topological polar surface area (TPSA) is 32.3 Å².